The molecule has 0 radical (unpaired) electrons. The summed E-state index contributed by atoms with van der Waals surface area (Å²) in [7, 11) is -3.01. The molecule has 17 heavy (non-hydrogen) atoms. The summed E-state index contributed by atoms with van der Waals surface area (Å²) in [5.41, 5.74) is 0. The van der Waals surface area contributed by atoms with Crippen molar-refractivity contribution < 1.29 is 35.9 Å². The molecule has 1 aliphatic heterocycles. The van der Waals surface area contributed by atoms with Crippen molar-refractivity contribution in [3.8, 4) is 0 Å². The number of hydrogen-bond donors (Lipinski definition) is 0. The van der Waals surface area contributed by atoms with E-state index in [1.807, 2.05) is 0 Å². The highest BCUT2D eigenvalue weighted by Gasteiger charge is 2.52. The van der Waals surface area contributed by atoms with Crippen LogP contribution >= 0.6 is 0 Å². The second-order valence-corrected chi connectivity index (χ2v) is 5.43. The Morgan fingerprint density at radius 2 is 1.88 bits per heavy atom. The Labute approximate surface area is 94.2 Å². The molecule has 0 spiro atoms. The molecular formula is C7H8F3NO5S. The van der Waals surface area contributed by atoms with Gasteiger partial charge < -0.3 is 9.64 Å². The number of hydrogen-bond acceptors (Lipinski definition) is 5. The molecule has 0 aromatic rings. The number of sulfone groups is 1. The molecule has 10 heteroatoms. The fraction of sp³-hybridized carbons (Fsp3) is 0.714. The monoisotopic (exact) mass is 275 g/mol. The van der Waals surface area contributed by atoms with Gasteiger partial charge in [-0.25, -0.2) is 13.2 Å². The molecular weight excluding hydrogens is 267 g/mol. The number of nitrogens with zero attached hydrogens (tertiary/aromatic N) is 1. The van der Waals surface area contributed by atoms with E-state index < -0.39 is 45.6 Å². The summed E-state index contributed by atoms with van der Waals surface area (Å²) >= 11 is 0. The van der Waals surface area contributed by atoms with E-state index in [-0.39, 0.29) is 4.90 Å². The summed E-state index contributed by atoms with van der Waals surface area (Å²) < 4.78 is 62.9. The maximum atomic E-state index is 12.2. The Bertz CT molecular complexity index is 443. The van der Waals surface area contributed by atoms with Crippen LogP contribution in [-0.2, 0) is 24.2 Å². The molecule has 1 saturated heterocycles. The van der Waals surface area contributed by atoms with Crippen molar-refractivity contribution >= 4 is 21.7 Å². The number of ether oxygens (including phenoxy) is 1. The summed E-state index contributed by atoms with van der Waals surface area (Å²) in [4.78, 5) is 22.0. The minimum atomic E-state index is -5.23. The summed E-state index contributed by atoms with van der Waals surface area (Å²) in [6.07, 6.45) is -5.23. The van der Waals surface area contributed by atoms with Gasteiger partial charge in [0.25, 0.3) is 0 Å². The van der Waals surface area contributed by atoms with E-state index in [4.69, 9.17) is 0 Å². The van der Waals surface area contributed by atoms with Crippen LogP contribution < -0.4 is 0 Å². The molecule has 0 N–H and O–H groups in total. The first kappa shape index (κ1) is 13.7. The first-order chi connectivity index (χ1) is 7.58. The molecule has 0 aromatic carbocycles. The number of rotatable bonds is 1. The first-order valence-corrected chi connectivity index (χ1v) is 6.06. The average Bonchev–Trinajstić information content (AvgIpc) is 2.50. The fourth-order valence-corrected chi connectivity index (χ4v) is 3.00. The maximum Gasteiger partial charge on any atom is 0.471 e. The van der Waals surface area contributed by atoms with Crippen molar-refractivity contribution in [1.82, 2.24) is 4.90 Å². The molecule has 1 heterocycles. The molecule has 1 rings (SSSR count). The van der Waals surface area contributed by atoms with Gasteiger partial charge in [-0.15, -0.1) is 0 Å². The zero-order chi connectivity index (χ0) is 13.4. The van der Waals surface area contributed by atoms with Crippen molar-refractivity contribution in [2.24, 2.45) is 0 Å². The van der Waals surface area contributed by atoms with Crippen LogP contribution in [0.2, 0.25) is 0 Å². The average molecular weight is 275 g/mol. The van der Waals surface area contributed by atoms with Crippen molar-refractivity contribution in [1.29, 1.82) is 0 Å². The predicted molar refractivity (Wildman–Crippen MR) is 47.4 cm³/mol. The number of carbonyl (C=O) groups is 2. The number of esters is 1. The Morgan fingerprint density at radius 1 is 1.35 bits per heavy atom. The van der Waals surface area contributed by atoms with Crippen LogP contribution in [0.3, 0.4) is 0 Å². The van der Waals surface area contributed by atoms with Gasteiger partial charge in [-0.05, 0) is 0 Å². The third kappa shape index (κ3) is 2.87. The van der Waals surface area contributed by atoms with Crippen molar-refractivity contribution in [2.75, 3.05) is 18.7 Å². The quantitative estimate of drug-likeness (QED) is 0.591. The zero-order valence-electron chi connectivity index (χ0n) is 8.52. The largest absolute Gasteiger partial charge is 0.471 e. The van der Waals surface area contributed by atoms with E-state index in [1.165, 1.54) is 0 Å². The molecule has 0 aliphatic carbocycles. The second kappa shape index (κ2) is 4.17. The highest BCUT2D eigenvalue weighted by molar-refractivity contribution is 7.91. The van der Waals surface area contributed by atoms with Gasteiger partial charge in [0.2, 0.25) is 0 Å². The Kier molecular flexibility index (Phi) is 3.37. The van der Waals surface area contributed by atoms with Gasteiger partial charge in [0.15, 0.2) is 9.84 Å². The molecule has 98 valence electrons. The Morgan fingerprint density at radius 3 is 2.29 bits per heavy atom. The van der Waals surface area contributed by atoms with Gasteiger partial charge >= 0.3 is 18.1 Å². The van der Waals surface area contributed by atoms with Crippen LogP contribution in [0, 0.1) is 0 Å². The second-order valence-electron chi connectivity index (χ2n) is 3.35. The van der Waals surface area contributed by atoms with Gasteiger partial charge in [-0.2, -0.15) is 13.2 Å². The molecule has 0 unspecified atom stereocenters. The molecule has 1 fully saturated rings. The molecule has 0 aromatic heterocycles. The topological polar surface area (TPSA) is 80.8 Å². The smallest absolute Gasteiger partial charge is 0.467 e. The predicted octanol–water partition coefficient (Wildman–Crippen LogP) is -0.695. The molecule has 0 bridgehead atoms. The molecule has 1 atom stereocenters. The highest BCUT2D eigenvalue weighted by Crippen LogP contribution is 2.25. The van der Waals surface area contributed by atoms with E-state index in [9.17, 15) is 31.2 Å². The van der Waals surface area contributed by atoms with Gasteiger partial charge in [-0.3, -0.25) is 4.79 Å². The van der Waals surface area contributed by atoms with Crippen LogP contribution in [0.1, 0.15) is 0 Å². The number of carbonyl (C=O) groups excluding carboxylic acids is 2. The summed E-state index contributed by atoms with van der Waals surface area (Å²) in [5.74, 6) is -5.55. The van der Waals surface area contributed by atoms with E-state index >= 15 is 0 Å². The van der Waals surface area contributed by atoms with Crippen molar-refractivity contribution in [2.45, 2.75) is 12.2 Å². The van der Waals surface area contributed by atoms with Gasteiger partial charge in [0.05, 0.1) is 12.9 Å². The lowest BCUT2D eigenvalue weighted by Crippen LogP contribution is -2.48. The minimum absolute atomic E-state index is 0.0405. The van der Waals surface area contributed by atoms with Crippen LogP contribution in [0.25, 0.3) is 0 Å². The van der Waals surface area contributed by atoms with E-state index in [0.717, 1.165) is 7.11 Å². The van der Waals surface area contributed by atoms with Gasteiger partial charge in [0, 0.05) is 0 Å². The molecule has 6 nitrogen and oxygen atoms in total. The normalized spacial score (nSPS) is 23.5. The maximum absolute atomic E-state index is 12.2. The lowest BCUT2D eigenvalue weighted by atomic mass is 10.3. The van der Waals surface area contributed by atoms with Crippen molar-refractivity contribution in [3.63, 3.8) is 0 Å². The molecule has 1 amide bonds. The van der Waals surface area contributed by atoms with Crippen LogP contribution in [0.5, 0.6) is 0 Å². The molecule has 0 saturated carbocycles. The summed E-state index contributed by atoms with van der Waals surface area (Å²) in [6.45, 7) is 0. The summed E-state index contributed by atoms with van der Waals surface area (Å²) in [6, 6.07) is -1.74. The number of amides is 1. The van der Waals surface area contributed by atoms with E-state index in [0.29, 0.717) is 0 Å². The third-order valence-electron chi connectivity index (χ3n) is 2.10. The highest BCUT2D eigenvalue weighted by atomic mass is 32.2. The Hall–Kier alpha value is -1.32. The van der Waals surface area contributed by atoms with Crippen molar-refractivity contribution in [3.05, 3.63) is 0 Å². The van der Waals surface area contributed by atoms with Crippen LogP contribution in [0.15, 0.2) is 0 Å². The van der Waals surface area contributed by atoms with E-state index in [1.54, 1.807) is 0 Å². The Balaban J connectivity index is 3.04. The van der Waals surface area contributed by atoms with Gasteiger partial charge in [0.1, 0.15) is 11.9 Å². The minimum Gasteiger partial charge on any atom is -0.467 e. The van der Waals surface area contributed by atoms with E-state index in [2.05, 4.69) is 4.74 Å². The summed E-state index contributed by atoms with van der Waals surface area (Å²) in [5, 5.41) is 0. The number of alkyl halides is 3. The fourth-order valence-electron chi connectivity index (χ4n) is 1.38. The first-order valence-electron chi connectivity index (χ1n) is 4.24. The lowest BCUT2D eigenvalue weighted by Gasteiger charge is -2.21. The lowest BCUT2D eigenvalue weighted by molar-refractivity contribution is -0.187. The van der Waals surface area contributed by atoms with Crippen LogP contribution in [-0.4, -0.2) is 56.2 Å². The zero-order valence-corrected chi connectivity index (χ0v) is 9.34. The van der Waals surface area contributed by atoms with Crippen LogP contribution in [0.4, 0.5) is 13.2 Å². The number of halogens is 3. The third-order valence-corrected chi connectivity index (χ3v) is 3.60. The number of methoxy groups -OCH3 is 1. The van der Waals surface area contributed by atoms with Gasteiger partial charge in [-0.1, -0.05) is 0 Å². The SMILES string of the molecule is COC(=O)[C@@H]1CS(=O)(=O)CN1C(=O)C(F)(F)F. The standard InChI is InChI=1S/C7H8F3NO5S/c1-16-5(12)4-2-17(14,15)3-11(4)6(13)7(8,9)10/h4H,2-3H2,1H3/t4-/m0/s1. The molecule has 1 aliphatic rings.